The van der Waals surface area contributed by atoms with E-state index in [-0.39, 0.29) is 6.03 Å². The van der Waals surface area contributed by atoms with E-state index in [2.05, 4.69) is 24.4 Å². The number of hydrogen-bond donors (Lipinski definition) is 1. The summed E-state index contributed by atoms with van der Waals surface area (Å²) in [6, 6.07) is 11.8. The summed E-state index contributed by atoms with van der Waals surface area (Å²) in [6.45, 7) is 4.83. The van der Waals surface area contributed by atoms with Gasteiger partial charge in [-0.1, -0.05) is 6.07 Å². The maximum absolute atomic E-state index is 12.4. The standard InChI is InChI=1S/C20H26N2O3S/c1-15-8-9-19(26-15)12-21-20(23)22-10-4-5-16(13-22)14-25-18-7-3-6-17(11-18)24-2/h3,6-9,11,16H,4-5,10,12-14H2,1-2H3,(H,21,23)/t16-/m0/s1. The molecule has 2 heterocycles. The van der Waals surface area contributed by atoms with Crippen molar-refractivity contribution < 1.29 is 14.3 Å². The number of likely N-dealkylation sites (tertiary alicyclic amines) is 1. The van der Waals surface area contributed by atoms with E-state index in [0.29, 0.717) is 19.1 Å². The summed E-state index contributed by atoms with van der Waals surface area (Å²) < 4.78 is 11.1. The number of ether oxygens (including phenoxy) is 2. The highest BCUT2D eigenvalue weighted by molar-refractivity contribution is 7.11. The molecule has 2 aromatic rings. The quantitative estimate of drug-likeness (QED) is 0.829. The van der Waals surface area contributed by atoms with E-state index >= 15 is 0 Å². The van der Waals surface area contributed by atoms with Crippen LogP contribution in [0.2, 0.25) is 0 Å². The molecule has 6 heteroatoms. The monoisotopic (exact) mass is 374 g/mol. The molecule has 1 fully saturated rings. The topological polar surface area (TPSA) is 50.8 Å². The molecule has 5 nitrogen and oxygen atoms in total. The number of methoxy groups -OCH3 is 1. The zero-order valence-corrected chi connectivity index (χ0v) is 16.2. The molecule has 0 saturated carbocycles. The van der Waals surface area contributed by atoms with Crippen molar-refractivity contribution in [1.82, 2.24) is 10.2 Å². The van der Waals surface area contributed by atoms with Gasteiger partial charge in [0.2, 0.25) is 0 Å². The molecule has 1 N–H and O–H groups in total. The molecule has 1 atom stereocenters. The number of thiophene rings is 1. The number of benzene rings is 1. The van der Waals surface area contributed by atoms with Crippen molar-refractivity contribution >= 4 is 17.4 Å². The highest BCUT2D eigenvalue weighted by atomic mass is 32.1. The smallest absolute Gasteiger partial charge is 0.317 e. The Bertz CT molecular complexity index is 731. The second kappa shape index (κ2) is 8.94. The number of piperidine rings is 1. The first-order chi connectivity index (χ1) is 12.6. The van der Waals surface area contributed by atoms with Crippen LogP contribution < -0.4 is 14.8 Å². The molecule has 1 aromatic heterocycles. The van der Waals surface area contributed by atoms with Crippen LogP contribution in [0.15, 0.2) is 36.4 Å². The van der Waals surface area contributed by atoms with Crippen LogP contribution >= 0.6 is 11.3 Å². The van der Waals surface area contributed by atoms with Crippen molar-refractivity contribution in [2.75, 3.05) is 26.8 Å². The number of rotatable bonds is 6. The van der Waals surface area contributed by atoms with Crippen molar-refractivity contribution in [2.45, 2.75) is 26.3 Å². The summed E-state index contributed by atoms with van der Waals surface area (Å²) in [5, 5.41) is 3.03. The first-order valence-electron chi connectivity index (χ1n) is 8.99. The lowest BCUT2D eigenvalue weighted by atomic mass is 9.99. The maximum Gasteiger partial charge on any atom is 0.317 e. The lowest BCUT2D eigenvalue weighted by Gasteiger charge is -2.32. The Morgan fingerprint density at radius 3 is 2.92 bits per heavy atom. The van der Waals surface area contributed by atoms with E-state index in [4.69, 9.17) is 9.47 Å². The molecule has 1 aliphatic heterocycles. The third kappa shape index (κ3) is 5.14. The van der Waals surface area contributed by atoms with Crippen molar-refractivity contribution in [3.05, 3.63) is 46.2 Å². The largest absolute Gasteiger partial charge is 0.497 e. The molecule has 2 amide bonds. The van der Waals surface area contributed by atoms with Crippen LogP contribution in [-0.2, 0) is 6.54 Å². The van der Waals surface area contributed by atoms with Crippen molar-refractivity contribution in [3.63, 3.8) is 0 Å². The normalized spacial score (nSPS) is 17.0. The lowest BCUT2D eigenvalue weighted by molar-refractivity contribution is 0.137. The van der Waals surface area contributed by atoms with E-state index in [1.54, 1.807) is 18.4 Å². The van der Waals surface area contributed by atoms with Gasteiger partial charge in [0, 0.05) is 34.8 Å². The van der Waals surface area contributed by atoms with E-state index < -0.39 is 0 Å². The fraction of sp³-hybridized carbons (Fsp3) is 0.450. The number of amides is 2. The third-order valence-electron chi connectivity index (χ3n) is 4.54. The van der Waals surface area contributed by atoms with E-state index in [1.807, 2.05) is 29.2 Å². The maximum atomic E-state index is 12.4. The van der Waals surface area contributed by atoms with Crippen LogP contribution in [-0.4, -0.2) is 37.7 Å². The minimum atomic E-state index is 0.0159. The second-order valence-electron chi connectivity index (χ2n) is 6.62. The molecule has 0 bridgehead atoms. The van der Waals surface area contributed by atoms with Crippen LogP contribution in [0.4, 0.5) is 4.79 Å². The van der Waals surface area contributed by atoms with Crippen LogP contribution in [0.3, 0.4) is 0 Å². The average molecular weight is 375 g/mol. The summed E-state index contributed by atoms with van der Waals surface area (Å²) in [7, 11) is 1.65. The van der Waals surface area contributed by atoms with Crippen LogP contribution in [0.1, 0.15) is 22.6 Å². The molecule has 1 aliphatic rings. The number of urea groups is 1. The third-order valence-corrected chi connectivity index (χ3v) is 5.54. The Labute approximate surface area is 158 Å². The first-order valence-corrected chi connectivity index (χ1v) is 9.80. The van der Waals surface area contributed by atoms with Gasteiger partial charge in [-0.15, -0.1) is 11.3 Å². The van der Waals surface area contributed by atoms with Gasteiger partial charge >= 0.3 is 6.03 Å². The van der Waals surface area contributed by atoms with Crippen molar-refractivity contribution in [1.29, 1.82) is 0 Å². The SMILES string of the molecule is COc1cccc(OC[C@H]2CCCN(C(=O)NCc3ccc(C)s3)C2)c1. The van der Waals surface area contributed by atoms with Gasteiger partial charge in [-0.05, 0) is 44.0 Å². The van der Waals surface area contributed by atoms with Gasteiger partial charge in [-0.3, -0.25) is 0 Å². The molecule has 0 radical (unpaired) electrons. The van der Waals surface area contributed by atoms with Gasteiger partial charge < -0.3 is 19.7 Å². The Hall–Kier alpha value is -2.21. The molecular weight excluding hydrogens is 348 g/mol. The highest BCUT2D eigenvalue weighted by Crippen LogP contribution is 2.22. The zero-order valence-electron chi connectivity index (χ0n) is 15.4. The molecule has 140 valence electrons. The summed E-state index contributed by atoms with van der Waals surface area (Å²) in [6.07, 6.45) is 2.09. The van der Waals surface area contributed by atoms with Gasteiger partial charge in [-0.2, -0.15) is 0 Å². The molecule has 0 spiro atoms. The fourth-order valence-corrected chi connectivity index (χ4v) is 3.98. The molecule has 1 aromatic carbocycles. The predicted molar refractivity (Wildman–Crippen MR) is 104 cm³/mol. The van der Waals surface area contributed by atoms with Gasteiger partial charge in [-0.25, -0.2) is 4.79 Å². The fourth-order valence-electron chi connectivity index (χ4n) is 3.15. The number of hydrogen-bond acceptors (Lipinski definition) is 4. The van der Waals surface area contributed by atoms with Crippen LogP contribution in [0.5, 0.6) is 11.5 Å². The molecule has 3 rings (SSSR count). The predicted octanol–water partition coefficient (Wildman–Crippen LogP) is 4.07. The lowest BCUT2D eigenvalue weighted by Crippen LogP contribution is -2.46. The Morgan fingerprint density at radius 1 is 1.31 bits per heavy atom. The average Bonchev–Trinajstić information content (AvgIpc) is 3.10. The molecule has 26 heavy (non-hydrogen) atoms. The second-order valence-corrected chi connectivity index (χ2v) is 7.99. The van der Waals surface area contributed by atoms with Crippen molar-refractivity contribution in [2.24, 2.45) is 5.92 Å². The number of aryl methyl sites for hydroxylation is 1. The molecular formula is C20H26N2O3S. The number of nitrogens with zero attached hydrogens (tertiary/aromatic N) is 1. The van der Waals surface area contributed by atoms with Gasteiger partial charge in [0.1, 0.15) is 11.5 Å². The van der Waals surface area contributed by atoms with Crippen LogP contribution in [0.25, 0.3) is 0 Å². The van der Waals surface area contributed by atoms with E-state index in [9.17, 15) is 4.79 Å². The Balaban J connectivity index is 1.46. The van der Waals surface area contributed by atoms with Gasteiger partial charge in [0.05, 0.1) is 20.3 Å². The first kappa shape index (κ1) is 18.6. The van der Waals surface area contributed by atoms with Crippen molar-refractivity contribution in [3.8, 4) is 11.5 Å². The highest BCUT2D eigenvalue weighted by Gasteiger charge is 2.24. The Morgan fingerprint density at radius 2 is 2.15 bits per heavy atom. The van der Waals surface area contributed by atoms with Gasteiger partial charge in [0.25, 0.3) is 0 Å². The summed E-state index contributed by atoms with van der Waals surface area (Å²) in [5.41, 5.74) is 0. The minimum Gasteiger partial charge on any atom is -0.497 e. The van der Waals surface area contributed by atoms with E-state index in [0.717, 1.165) is 37.4 Å². The minimum absolute atomic E-state index is 0.0159. The number of nitrogens with one attached hydrogen (secondary N) is 1. The Kier molecular flexibility index (Phi) is 6.39. The summed E-state index contributed by atoms with van der Waals surface area (Å²) >= 11 is 1.72. The van der Waals surface area contributed by atoms with Crippen LogP contribution in [0, 0.1) is 12.8 Å². The van der Waals surface area contributed by atoms with E-state index in [1.165, 1.54) is 9.75 Å². The molecule has 0 aliphatic carbocycles. The molecule has 1 saturated heterocycles. The number of carbonyl (C=O) groups excluding carboxylic acids is 1. The number of carbonyl (C=O) groups is 1. The molecule has 0 unspecified atom stereocenters. The zero-order chi connectivity index (χ0) is 18.4. The summed E-state index contributed by atoms with van der Waals surface area (Å²) in [5.74, 6) is 1.94. The summed E-state index contributed by atoms with van der Waals surface area (Å²) in [4.78, 5) is 16.8. The van der Waals surface area contributed by atoms with Gasteiger partial charge in [0.15, 0.2) is 0 Å².